The summed E-state index contributed by atoms with van der Waals surface area (Å²) < 4.78 is 26.0. The average Bonchev–Trinajstić information content (AvgIpc) is 2.53. The highest BCUT2D eigenvalue weighted by Gasteiger charge is 2.20. The van der Waals surface area contributed by atoms with Gasteiger partial charge in [0.2, 0.25) is 10.0 Å². The lowest BCUT2D eigenvalue weighted by Crippen LogP contribution is -2.25. The Bertz CT molecular complexity index is 805. The molecule has 0 saturated heterocycles. The van der Waals surface area contributed by atoms with Crippen molar-refractivity contribution in [2.24, 2.45) is 0 Å². The lowest BCUT2D eigenvalue weighted by Gasteiger charge is -2.13. The van der Waals surface area contributed by atoms with Crippen LogP contribution in [0, 0.1) is 0 Å². The van der Waals surface area contributed by atoms with Crippen LogP contribution in [0.3, 0.4) is 0 Å². The van der Waals surface area contributed by atoms with E-state index in [0.717, 1.165) is 9.87 Å². The molecule has 1 N–H and O–H groups in total. The second-order valence-corrected chi connectivity index (χ2v) is 8.10. The summed E-state index contributed by atoms with van der Waals surface area (Å²) in [4.78, 5) is 12.4. The van der Waals surface area contributed by atoms with E-state index in [1.165, 1.54) is 26.2 Å². The third kappa shape index (κ3) is 4.19. The first-order valence-electron chi connectivity index (χ1n) is 6.86. The molecule has 0 spiro atoms. The Balaban J connectivity index is 2.23. The number of sulfonamides is 1. The van der Waals surface area contributed by atoms with Crippen LogP contribution in [0.5, 0.6) is 0 Å². The van der Waals surface area contributed by atoms with Gasteiger partial charge in [-0.1, -0.05) is 30.3 Å². The van der Waals surface area contributed by atoms with E-state index in [-0.39, 0.29) is 16.4 Å². The summed E-state index contributed by atoms with van der Waals surface area (Å²) in [6, 6.07) is 13.9. The highest BCUT2D eigenvalue weighted by molar-refractivity contribution is 9.10. The molecule has 2 rings (SSSR count). The number of halogens is 1. The molecule has 0 aliphatic carbocycles. The van der Waals surface area contributed by atoms with Crippen LogP contribution in [0.15, 0.2) is 57.9 Å². The van der Waals surface area contributed by atoms with Gasteiger partial charge in [-0.2, -0.15) is 0 Å². The molecular weight excluding hydrogens is 380 g/mol. The predicted octanol–water partition coefficient (Wildman–Crippen LogP) is 2.63. The number of nitrogens with zero attached hydrogens (tertiary/aromatic N) is 1. The number of benzene rings is 2. The smallest absolute Gasteiger partial charge is 0.252 e. The largest absolute Gasteiger partial charge is 0.348 e. The first kappa shape index (κ1) is 17.7. The van der Waals surface area contributed by atoms with Gasteiger partial charge in [-0.05, 0) is 39.7 Å². The van der Waals surface area contributed by atoms with Crippen molar-refractivity contribution in [3.05, 3.63) is 64.1 Å². The zero-order chi connectivity index (χ0) is 17.0. The molecule has 0 heterocycles. The number of hydrogen-bond acceptors (Lipinski definition) is 3. The van der Waals surface area contributed by atoms with E-state index in [1.54, 1.807) is 6.07 Å². The molecule has 0 aliphatic heterocycles. The molecule has 2 aromatic carbocycles. The highest BCUT2D eigenvalue weighted by Crippen LogP contribution is 2.22. The fourth-order valence-electron chi connectivity index (χ4n) is 1.92. The minimum atomic E-state index is -3.58. The van der Waals surface area contributed by atoms with E-state index in [9.17, 15) is 13.2 Å². The normalized spacial score (nSPS) is 11.5. The third-order valence-corrected chi connectivity index (χ3v) is 5.76. The van der Waals surface area contributed by atoms with Crippen LogP contribution in [0.2, 0.25) is 0 Å². The van der Waals surface area contributed by atoms with Crippen LogP contribution in [-0.4, -0.2) is 32.7 Å². The summed E-state index contributed by atoms with van der Waals surface area (Å²) in [5.41, 5.74) is 1.25. The quantitative estimate of drug-likeness (QED) is 0.844. The molecule has 1 amide bonds. The Kier molecular flexibility index (Phi) is 5.56. The second kappa shape index (κ2) is 7.25. The van der Waals surface area contributed by atoms with Gasteiger partial charge in [-0.15, -0.1) is 0 Å². The van der Waals surface area contributed by atoms with Crippen LogP contribution in [0.25, 0.3) is 0 Å². The van der Waals surface area contributed by atoms with Crippen LogP contribution >= 0.6 is 15.9 Å². The van der Waals surface area contributed by atoms with Crippen molar-refractivity contribution >= 4 is 31.9 Å². The van der Waals surface area contributed by atoms with E-state index in [4.69, 9.17) is 0 Å². The lowest BCUT2D eigenvalue weighted by molar-refractivity contribution is 0.0950. The molecule has 0 unspecified atom stereocenters. The van der Waals surface area contributed by atoms with Crippen molar-refractivity contribution in [2.75, 3.05) is 14.1 Å². The van der Waals surface area contributed by atoms with E-state index < -0.39 is 10.0 Å². The maximum absolute atomic E-state index is 12.3. The molecule has 0 fully saturated rings. The second-order valence-electron chi connectivity index (χ2n) is 5.10. The molecule has 5 nitrogen and oxygen atoms in total. The summed E-state index contributed by atoms with van der Waals surface area (Å²) in [6.45, 7) is 0.372. The number of hydrogen-bond donors (Lipinski definition) is 1. The summed E-state index contributed by atoms with van der Waals surface area (Å²) >= 11 is 3.29. The van der Waals surface area contributed by atoms with Gasteiger partial charge in [0.15, 0.2) is 0 Å². The Labute approximate surface area is 144 Å². The molecule has 0 radical (unpaired) electrons. The van der Waals surface area contributed by atoms with Gasteiger partial charge in [-0.25, -0.2) is 12.7 Å². The maximum Gasteiger partial charge on any atom is 0.252 e. The molecule has 0 atom stereocenters. The molecule has 23 heavy (non-hydrogen) atoms. The van der Waals surface area contributed by atoms with Gasteiger partial charge >= 0.3 is 0 Å². The summed E-state index contributed by atoms with van der Waals surface area (Å²) in [5.74, 6) is -0.337. The standard InChI is InChI=1S/C16H17BrN2O3S/c1-19(2)23(21,22)13-8-9-15(17)14(10-13)16(20)18-11-12-6-4-3-5-7-12/h3-10H,11H2,1-2H3,(H,18,20). The van der Waals surface area contributed by atoms with Crippen LogP contribution in [0.4, 0.5) is 0 Å². The van der Waals surface area contributed by atoms with Crippen molar-refractivity contribution in [1.82, 2.24) is 9.62 Å². The predicted molar refractivity (Wildman–Crippen MR) is 92.6 cm³/mol. The van der Waals surface area contributed by atoms with E-state index in [0.29, 0.717) is 11.0 Å². The zero-order valence-corrected chi connectivity index (χ0v) is 15.2. The fraction of sp³-hybridized carbons (Fsp3) is 0.188. The third-order valence-electron chi connectivity index (χ3n) is 3.26. The minimum absolute atomic E-state index is 0.0792. The van der Waals surface area contributed by atoms with Crippen molar-refractivity contribution < 1.29 is 13.2 Å². The zero-order valence-electron chi connectivity index (χ0n) is 12.8. The molecule has 0 bridgehead atoms. The van der Waals surface area contributed by atoms with Crippen molar-refractivity contribution in [2.45, 2.75) is 11.4 Å². The fourth-order valence-corrected chi connectivity index (χ4v) is 3.28. The van der Waals surface area contributed by atoms with Crippen LogP contribution in [0.1, 0.15) is 15.9 Å². The van der Waals surface area contributed by atoms with Gasteiger partial charge in [0.05, 0.1) is 10.5 Å². The van der Waals surface area contributed by atoms with Gasteiger partial charge < -0.3 is 5.32 Å². The van der Waals surface area contributed by atoms with E-state index in [1.807, 2.05) is 30.3 Å². The number of carbonyl (C=O) groups is 1. The highest BCUT2D eigenvalue weighted by atomic mass is 79.9. The monoisotopic (exact) mass is 396 g/mol. The molecule has 0 aliphatic rings. The topological polar surface area (TPSA) is 66.5 Å². The maximum atomic E-state index is 12.3. The first-order valence-corrected chi connectivity index (χ1v) is 9.10. The van der Waals surface area contributed by atoms with Gasteiger partial charge in [0, 0.05) is 25.1 Å². The van der Waals surface area contributed by atoms with Crippen molar-refractivity contribution in [3.63, 3.8) is 0 Å². The Morgan fingerprint density at radius 2 is 1.78 bits per heavy atom. The molecule has 0 aromatic heterocycles. The van der Waals surface area contributed by atoms with Crippen molar-refractivity contribution in [3.8, 4) is 0 Å². The number of carbonyl (C=O) groups excluding carboxylic acids is 1. The van der Waals surface area contributed by atoms with Gasteiger partial charge in [-0.3, -0.25) is 4.79 Å². The summed E-state index contributed by atoms with van der Waals surface area (Å²) in [7, 11) is -0.682. The van der Waals surface area contributed by atoms with Crippen LogP contribution in [-0.2, 0) is 16.6 Å². The van der Waals surface area contributed by atoms with Crippen LogP contribution < -0.4 is 5.32 Å². The minimum Gasteiger partial charge on any atom is -0.348 e. The molecule has 7 heteroatoms. The Morgan fingerprint density at radius 1 is 1.13 bits per heavy atom. The molecule has 0 saturated carbocycles. The Hall–Kier alpha value is -1.70. The van der Waals surface area contributed by atoms with E-state index >= 15 is 0 Å². The molecule has 122 valence electrons. The first-order chi connectivity index (χ1) is 10.8. The molecular formula is C16H17BrN2O3S. The SMILES string of the molecule is CN(C)S(=O)(=O)c1ccc(Br)c(C(=O)NCc2ccccc2)c1. The number of amides is 1. The average molecular weight is 397 g/mol. The number of rotatable bonds is 5. The van der Waals surface area contributed by atoms with E-state index in [2.05, 4.69) is 21.2 Å². The van der Waals surface area contributed by atoms with Gasteiger partial charge in [0.25, 0.3) is 5.91 Å². The Morgan fingerprint density at radius 3 is 2.39 bits per heavy atom. The van der Waals surface area contributed by atoms with Gasteiger partial charge in [0.1, 0.15) is 0 Å². The summed E-state index contributed by atoms with van der Waals surface area (Å²) in [5, 5.41) is 2.79. The number of nitrogens with one attached hydrogen (secondary N) is 1. The summed E-state index contributed by atoms with van der Waals surface area (Å²) in [6.07, 6.45) is 0. The molecule has 2 aromatic rings. The lowest BCUT2D eigenvalue weighted by atomic mass is 10.2. The van der Waals surface area contributed by atoms with Crippen molar-refractivity contribution in [1.29, 1.82) is 0 Å².